The van der Waals surface area contributed by atoms with Gasteiger partial charge in [-0.2, -0.15) is 0 Å². The molecule has 2 rings (SSSR count). The molecule has 2 unspecified atom stereocenters. The van der Waals surface area contributed by atoms with Crippen molar-refractivity contribution in [1.82, 2.24) is 10.3 Å². The van der Waals surface area contributed by atoms with Crippen LogP contribution in [-0.4, -0.2) is 28.8 Å². The summed E-state index contributed by atoms with van der Waals surface area (Å²) in [4.78, 5) is 4.44. The van der Waals surface area contributed by atoms with Gasteiger partial charge in [-0.15, -0.1) is 0 Å². The van der Waals surface area contributed by atoms with Crippen LogP contribution < -0.4 is 5.32 Å². The Hall–Kier alpha value is -0.930. The molecule has 1 aromatic heterocycles. The molecule has 0 radical (unpaired) electrons. The molecule has 94 valence electrons. The normalized spacial score (nSPS) is 29.2. The zero-order valence-corrected chi connectivity index (χ0v) is 10.7. The molecule has 17 heavy (non-hydrogen) atoms. The van der Waals surface area contributed by atoms with Crippen LogP contribution >= 0.6 is 0 Å². The molecule has 0 bridgehead atoms. The van der Waals surface area contributed by atoms with E-state index in [1.54, 1.807) is 0 Å². The molecule has 0 aliphatic carbocycles. The van der Waals surface area contributed by atoms with Crippen LogP contribution in [0.2, 0.25) is 0 Å². The fourth-order valence-electron chi connectivity index (χ4n) is 2.40. The van der Waals surface area contributed by atoms with Crippen LogP contribution in [0.15, 0.2) is 18.3 Å². The van der Waals surface area contributed by atoms with E-state index in [1.807, 2.05) is 12.3 Å². The lowest BCUT2D eigenvalue weighted by atomic mass is 9.79. The van der Waals surface area contributed by atoms with Crippen molar-refractivity contribution in [2.75, 3.05) is 13.1 Å². The van der Waals surface area contributed by atoms with E-state index in [2.05, 4.69) is 30.2 Å². The standard InChI is InChI=1S/C14H22N2O/c1-3-12-4-5-13(16-10-12)8-14(17)6-7-15-9-11(14)2/h4-5,10-11,15,17H,3,6-9H2,1-2H3. The fraction of sp³-hybridized carbons (Fsp3) is 0.643. The van der Waals surface area contributed by atoms with Crippen molar-refractivity contribution in [2.45, 2.75) is 38.7 Å². The number of hydrogen-bond acceptors (Lipinski definition) is 3. The summed E-state index contributed by atoms with van der Waals surface area (Å²) in [5, 5.41) is 14.0. The van der Waals surface area contributed by atoms with Crippen LogP contribution in [0.3, 0.4) is 0 Å². The third-order valence-electron chi connectivity index (χ3n) is 3.88. The molecular weight excluding hydrogens is 212 g/mol. The molecule has 1 saturated heterocycles. The lowest BCUT2D eigenvalue weighted by Crippen LogP contribution is -2.50. The zero-order valence-electron chi connectivity index (χ0n) is 10.7. The van der Waals surface area contributed by atoms with E-state index in [0.29, 0.717) is 6.42 Å². The van der Waals surface area contributed by atoms with Gasteiger partial charge in [0.05, 0.1) is 5.60 Å². The Morgan fingerprint density at radius 2 is 2.35 bits per heavy atom. The van der Waals surface area contributed by atoms with Crippen molar-refractivity contribution in [2.24, 2.45) is 5.92 Å². The lowest BCUT2D eigenvalue weighted by Gasteiger charge is -2.38. The third-order valence-corrected chi connectivity index (χ3v) is 3.88. The number of aromatic nitrogens is 1. The number of aryl methyl sites for hydroxylation is 1. The number of piperidine rings is 1. The molecule has 2 heterocycles. The molecule has 1 fully saturated rings. The first kappa shape index (κ1) is 12.5. The van der Waals surface area contributed by atoms with E-state index in [-0.39, 0.29) is 5.92 Å². The van der Waals surface area contributed by atoms with Crippen LogP contribution in [0, 0.1) is 5.92 Å². The van der Waals surface area contributed by atoms with Crippen LogP contribution in [0.5, 0.6) is 0 Å². The maximum absolute atomic E-state index is 10.6. The van der Waals surface area contributed by atoms with E-state index < -0.39 is 5.60 Å². The van der Waals surface area contributed by atoms with Crippen LogP contribution in [0.4, 0.5) is 0 Å². The SMILES string of the molecule is CCc1ccc(CC2(O)CCNCC2C)nc1. The topological polar surface area (TPSA) is 45.1 Å². The molecular formula is C14H22N2O. The first-order valence-electron chi connectivity index (χ1n) is 6.51. The van der Waals surface area contributed by atoms with Gasteiger partial charge in [0.15, 0.2) is 0 Å². The van der Waals surface area contributed by atoms with Gasteiger partial charge in [-0.05, 0) is 36.9 Å². The Morgan fingerprint density at radius 3 is 2.94 bits per heavy atom. The predicted octanol–water partition coefficient (Wildman–Crippen LogP) is 1.55. The monoisotopic (exact) mass is 234 g/mol. The van der Waals surface area contributed by atoms with Gasteiger partial charge in [0.25, 0.3) is 0 Å². The van der Waals surface area contributed by atoms with Crippen molar-refractivity contribution < 1.29 is 5.11 Å². The highest BCUT2D eigenvalue weighted by molar-refractivity contribution is 5.16. The zero-order chi connectivity index (χ0) is 12.3. The summed E-state index contributed by atoms with van der Waals surface area (Å²) in [6, 6.07) is 4.16. The third kappa shape index (κ3) is 2.85. The second-order valence-electron chi connectivity index (χ2n) is 5.15. The Balaban J connectivity index is 2.07. The van der Waals surface area contributed by atoms with Crippen LogP contribution in [0.25, 0.3) is 0 Å². The highest BCUT2D eigenvalue weighted by Gasteiger charge is 2.36. The number of aliphatic hydroxyl groups is 1. The van der Waals surface area contributed by atoms with E-state index in [9.17, 15) is 5.11 Å². The average molecular weight is 234 g/mol. The predicted molar refractivity (Wildman–Crippen MR) is 68.9 cm³/mol. The summed E-state index contributed by atoms with van der Waals surface area (Å²) >= 11 is 0. The minimum Gasteiger partial charge on any atom is -0.389 e. The highest BCUT2D eigenvalue weighted by Crippen LogP contribution is 2.27. The van der Waals surface area contributed by atoms with Gasteiger partial charge in [0, 0.05) is 24.9 Å². The molecule has 0 saturated carbocycles. The number of nitrogens with zero attached hydrogens (tertiary/aromatic N) is 1. The fourth-order valence-corrected chi connectivity index (χ4v) is 2.40. The molecule has 2 atom stereocenters. The summed E-state index contributed by atoms with van der Waals surface area (Å²) in [5.41, 5.74) is 1.66. The van der Waals surface area contributed by atoms with Gasteiger partial charge >= 0.3 is 0 Å². The molecule has 0 aromatic carbocycles. The Bertz CT molecular complexity index is 363. The van der Waals surface area contributed by atoms with E-state index in [1.165, 1.54) is 5.56 Å². The van der Waals surface area contributed by atoms with E-state index >= 15 is 0 Å². The number of hydrogen-bond donors (Lipinski definition) is 2. The summed E-state index contributed by atoms with van der Waals surface area (Å²) < 4.78 is 0. The lowest BCUT2D eigenvalue weighted by molar-refractivity contribution is -0.0336. The Kier molecular flexibility index (Phi) is 3.79. The second-order valence-corrected chi connectivity index (χ2v) is 5.15. The number of nitrogens with one attached hydrogen (secondary N) is 1. The minimum absolute atomic E-state index is 0.281. The largest absolute Gasteiger partial charge is 0.389 e. The quantitative estimate of drug-likeness (QED) is 0.834. The van der Waals surface area contributed by atoms with Crippen LogP contribution in [-0.2, 0) is 12.8 Å². The first-order chi connectivity index (χ1) is 8.14. The smallest absolute Gasteiger partial charge is 0.0752 e. The Labute approximate surface area is 103 Å². The van der Waals surface area contributed by atoms with Crippen LogP contribution in [0.1, 0.15) is 31.5 Å². The van der Waals surface area contributed by atoms with E-state index in [4.69, 9.17) is 0 Å². The molecule has 3 heteroatoms. The van der Waals surface area contributed by atoms with Crippen molar-refractivity contribution in [3.8, 4) is 0 Å². The molecule has 0 amide bonds. The van der Waals surface area contributed by atoms with Crippen molar-refractivity contribution in [3.63, 3.8) is 0 Å². The van der Waals surface area contributed by atoms with Gasteiger partial charge in [-0.1, -0.05) is 19.9 Å². The number of pyridine rings is 1. The van der Waals surface area contributed by atoms with Gasteiger partial charge in [0.2, 0.25) is 0 Å². The molecule has 1 aromatic rings. The summed E-state index contributed by atoms with van der Waals surface area (Å²) in [6.45, 7) is 6.02. The molecule has 1 aliphatic heterocycles. The summed E-state index contributed by atoms with van der Waals surface area (Å²) in [7, 11) is 0. The van der Waals surface area contributed by atoms with Crippen molar-refractivity contribution in [3.05, 3.63) is 29.6 Å². The van der Waals surface area contributed by atoms with Gasteiger partial charge in [0.1, 0.15) is 0 Å². The summed E-state index contributed by atoms with van der Waals surface area (Å²) in [5.74, 6) is 0.281. The minimum atomic E-state index is -0.591. The van der Waals surface area contributed by atoms with Crippen molar-refractivity contribution >= 4 is 0 Å². The molecule has 3 nitrogen and oxygen atoms in total. The summed E-state index contributed by atoms with van der Waals surface area (Å²) in [6.07, 6.45) is 4.41. The molecule has 1 aliphatic rings. The van der Waals surface area contributed by atoms with Gasteiger partial charge in [-0.3, -0.25) is 4.98 Å². The highest BCUT2D eigenvalue weighted by atomic mass is 16.3. The maximum atomic E-state index is 10.6. The Morgan fingerprint density at radius 1 is 1.53 bits per heavy atom. The van der Waals surface area contributed by atoms with E-state index in [0.717, 1.165) is 31.6 Å². The van der Waals surface area contributed by atoms with Crippen molar-refractivity contribution in [1.29, 1.82) is 0 Å². The first-order valence-corrected chi connectivity index (χ1v) is 6.51. The van der Waals surface area contributed by atoms with Gasteiger partial charge < -0.3 is 10.4 Å². The van der Waals surface area contributed by atoms with Gasteiger partial charge in [-0.25, -0.2) is 0 Å². The second kappa shape index (κ2) is 5.15. The maximum Gasteiger partial charge on any atom is 0.0752 e. The average Bonchev–Trinajstić information content (AvgIpc) is 2.34. The molecule has 0 spiro atoms. The molecule has 2 N–H and O–H groups in total. The number of rotatable bonds is 3.